The van der Waals surface area contributed by atoms with Crippen LogP contribution in [0.2, 0.25) is 0 Å². The summed E-state index contributed by atoms with van der Waals surface area (Å²) in [6.07, 6.45) is 4.81. The predicted octanol–water partition coefficient (Wildman–Crippen LogP) is 2.53. The van der Waals surface area contributed by atoms with Crippen LogP contribution in [0.5, 0.6) is 0 Å². The molecule has 0 unspecified atom stereocenters. The van der Waals surface area contributed by atoms with Gasteiger partial charge < -0.3 is 14.6 Å². The summed E-state index contributed by atoms with van der Waals surface area (Å²) in [5.74, 6) is 0.189. The van der Waals surface area contributed by atoms with Gasteiger partial charge in [0.25, 0.3) is 0 Å². The number of hydrogen-bond donors (Lipinski definition) is 1. The predicted molar refractivity (Wildman–Crippen MR) is 97.0 cm³/mol. The van der Waals surface area contributed by atoms with Gasteiger partial charge in [0.05, 0.1) is 17.9 Å². The van der Waals surface area contributed by atoms with Crippen molar-refractivity contribution >= 4 is 11.6 Å². The van der Waals surface area contributed by atoms with Gasteiger partial charge in [-0.1, -0.05) is 36.4 Å². The van der Waals surface area contributed by atoms with E-state index in [0.29, 0.717) is 13.1 Å². The number of likely N-dealkylation sites (tertiary alicyclic amines) is 1. The van der Waals surface area contributed by atoms with Crippen LogP contribution in [0.3, 0.4) is 0 Å². The third-order valence-electron chi connectivity index (χ3n) is 4.77. The standard InChI is InChI=1S/C20H22N4O/c1-15-7-8-19-22-12-17(24(19)13-15)11-21-18-9-10-23(20(18)25)14-16-5-3-2-4-6-16/h2-8,12-13,18,21H,9-11,14H2,1H3/t18-/m1/s1. The number of benzene rings is 1. The largest absolute Gasteiger partial charge is 0.337 e. The molecule has 1 fully saturated rings. The number of aromatic nitrogens is 2. The summed E-state index contributed by atoms with van der Waals surface area (Å²) in [4.78, 5) is 19.0. The molecule has 2 aromatic heterocycles. The summed E-state index contributed by atoms with van der Waals surface area (Å²) >= 11 is 0. The van der Waals surface area contributed by atoms with Crippen molar-refractivity contribution in [2.45, 2.75) is 32.5 Å². The second kappa shape index (κ2) is 6.69. The van der Waals surface area contributed by atoms with Gasteiger partial charge in [0, 0.05) is 25.8 Å². The normalized spacial score (nSPS) is 17.6. The Bertz CT molecular complexity index is 887. The molecule has 1 aromatic carbocycles. The topological polar surface area (TPSA) is 49.6 Å². The van der Waals surface area contributed by atoms with Crippen LogP contribution in [0, 0.1) is 6.92 Å². The van der Waals surface area contributed by atoms with E-state index < -0.39 is 0 Å². The quantitative estimate of drug-likeness (QED) is 0.780. The Morgan fingerprint density at radius 1 is 1.20 bits per heavy atom. The number of carbonyl (C=O) groups excluding carboxylic acids is 1. The Morgan fingerprint density at radius 2 is 2.04 bits per heavy atom. The lowest BCUT2D eigenvalue weighted by atomic mass is 10.2. The molecule has 1 atom stereocenters. The number of amides is 1. The maximum absolute atomic E-state index is 12.6. The minimum Gasteiger partial charge on any atom is -0.337 e. The molecular weight excluding hydrogens is 312 g/mol. The SMILES string of the molecule is Cc1ccc2ncc(CN[C@@H]3CCN(Cc4ccccc4)C3=O)n2c1. The molecule has 3 aromatic rings. The number of nitrogens with one attached hydrogen (secondary N) is 1. The molecule has 3 heterocycles. The highest BCUT2D eigenvalue weighted by molar-refractivity contribution is 5.83. The molecule has 0 radical (unpaired) electrons. The summed E-state index contributed by atoms with van der Waals surface area (Å²) in [6.45, 7) is 4.20. The van der Waals surface area contributed by atoms with Crippen molar-refractivity contribution in [3.63, 3.8) is 0 Å². The van der Waals surface area contributed by atoms with Gasteiger partial charge >= 0.3 is 0 Å². The zero-order valence-corrected chi connectivity index (χ0v) is 14.4. The second-order valence-corrected chi connectivity index (χ2v) is 6.65. The lowest BCUT2D eigenvalue weighted by Gasteiger charge is -2.17. The fraction of sp³-hybridized carbons (Fsp3) is 0.300. The molecular formula is C20H22N4O. The van der Waals surface area contributed by atoms with Gasteiger partial charge in [0.15, 0.2) is 0 Å². The summed E-state index contributed by atoms with van der Waals surface area (Å²) in [5.41, 5.74) is 4.38. The number of aryl methyl sites for hydroxylation is 1. The van der Waals surface area contributed by atoms with Crippen molar-refractivity contribution in [2.24, 2.45) is 0 Å². The van der Waals surface area contributed by atoms with Gasteiger partial charge in [0.1, 0.15) is 5.65 Å². The van der Waals surface area contributed by atoms with Crippen LogP contribution in [-0.4, -0.2) is 32.8 Å². The van der Waals surface area contributed by atoms with Gasteiger partial charge in [-0.2, -0.15) is 0 Å². The highest BCUT2D eigenvalue weighted by Gasteiger charge is 2.31. The summed E-state index contributed by atoms with van der Waals surface area (Å²) in [6, 6.07) is 14.1. The second-order valence-electron chi connectivity index (χ2n) is 6.65. The van der Waals surface area contributed by atoms with Crippen molar-refractivity contribution in [1.82, 2.24) is 19.6 Å². The molecule has 0 aliphatic carbocycles. The molecule has 5 heteroatoms. The number of imidazole rings is 1. The molecule has 1 aliphatic rings. The lowest BCUT2D eigenvalue weighted by Crippen LogP contribution is -2.37. The molecule has 1 aliphatic heterocycles. The van der Waals surface area contributed by atoms with Crippen LogP contribution >= 0.6 is 0 Å². The van der Waals surface area contributed by atoms with Gasteiger partial charge in [0.2, 0.25) is 5.91 Å². The van der Waals surface area contributed by atoms with Crippen molar-refractivity contribution < 1.29 is 4.79 Å². The van der Waals surface area contributed by atoms with E-state index >= 15 is 0 Å². The fourth-order valence-corrected chi connectivity index (χ4v) is 3.38. The van der Waals surface area contributed by atoms with Crippen LogP contribution in [-0.2, 0) is 17.9 Å². The zero-order valence-electron chi connectivity index (χ0n) is 14.4. The van der Waals surface area contributed by atoms with Crippen molar-refractivity contribution in [3.05, 3.63) is 71.7 Å². The highest BCUT2D eigenvalue weighted by Crippen LogP contribution is 2.16. The molecule has 4 rings (SSSR count). The first-order valence-corrected chi connectivity index (χ1v) is 8.69. The molecule has 1 saturated heterocycles. The van der Waals surface area contributed by atoms with E-state index in [0.717, 1.165) is 24.3 Å². The molecule has 0 bridgehead atoms. The van der Waals surface area contributed by atoms with Crippen molar-refractivity contribution in [2.75, 3.05) is 6.54 Å². The highest BCUT2D eigenvalue weighted by atomic mass is 16.2. The van der Waals surface area contributed by atoms with E-state index in [4.69, 9.17) is 0 Å². The lowest BCUT2D eigenvalue weighted by molar-refractivity contribution is -0.129. The first-order valence-electron chi connectivity index (χ1n) is 8.69. The molecule has 0 saturated carbocycles. The summed E-state index contributed by atoms with van der Waals surface area (Å²) in [5, 5.41) is 3.41. The minimum absolute atomic E-state index is 0.112. The number of fused-ring (bicyclic) bond motifs is 1. The van der Waals surface area contributed by atoms with Crippen LogP contribution in [0.25, 0.3) is 5.65 Å². The van der Waals surface area contributed by atoms with Crippen LogP contribution in [0.4, 0.5) is 0 Å². The Hall–Kier alpha value is -2.66. The number of carbonyl (C=O) groups is 1. The zero-order chi connectivity index (χ0) is 17.2. The van der Waals surface area contributed by atoms with Gasteiger partial charge in [-0.05, 0) is 30.5 Å². The minimum atomic E-state index is -0.112. The Balaban J connectivity index is 1.40. The number of rotatable bonds is 5. The number of nitrogens with zero attached hydrogens (tertiary/aromatic N) is 3. The maximum Gasteiger partial charge on any atom is 0.240 e. The summed E-state index contributed by atoms with van der Waals surface area (Å²) < 4.78 is 2.09. The molecule has 128 valence electrons. The van der Waals surface area contributed by atoms with E-state index in [-0.39, 0.29) is 11.9 Å². The maximum atomic E-state index is 12.6. The van der Waals surface area contributed by atoms with E-state index in [1.54, 1.807) is 0 Å². The third-order valence-corrected chi connectivity index (χ3v) is 4.77. The monoisotopic (exact) mass is 334 g/mol. The molecule has 1 N–H and O–H groups in total. The van der Waals surface area contributed by atoms with Gasteiger partial charge in [-0.15, -0.1) is 0 Å². The van der Waals surface area contributed by atoms with E-state index in [9.17, 15) is 4.79 Å². The molecule has 25 heavy (non-hydrogen) atoms. The van der Waals surface area contributed by atoms with Gasteiger partial charge in [-0.3, -0.25) is 4.79 Å². The molecule has 5 nitrogen and oxygen atoms in total. The molecule has 1 amide bonds. The van der Waals surface area contributed by atoms with Gasteiger partial charge in [-0.25, -0.2) is 4.98 Å². The Morgan fingerprint density at radius 3 is 2.88 bits per heavy atom. The van der Waals surface area contributed by atoms with Crippen LogP contribution < -0.4 is 5.32 Å². The van der Waals surface area contributed by atoms with Crippen LogP contribution in [0.1, 0.15) is 23.2 Å². The van der Waals surface area contributed by atoms with E-state index in [2.05, 4.69) is 46.0 Å². The van der Waals surface area contributed by atoms with Crippen molar-refractivity contribution in [1.29, 1.82) is 0 Å². The van der Waals surface area contributed by atoms with Crippen molar-refractivity contribution in [3.8, 4) is 0 Å². The van der Waals surface area contributed by atoms with E-state index in [1.807, 2.05) is 35.4 Å². The molecule has 0 spiro atoms. The third kappa shape index (κ3) is 3.28. The average molecular weight is 334 g/mol. The van der Waals surface area contributed by atoms with Crippen LogP contribution in [0.15, 0.2) is 54.9 Å². The van der Waals surface area contributed by atoms with E-state index in [1.165, 1.54) is 11.1 Å². The summed E-state index contributed by atoms with van der Waals surface area (Å²) in [7, 11) is 0. The Kier molecular flexibility index (Phi) is 4.24. The first-order chi connectivity index (χ1) is 12.2. The first kappa shape index (κ1) is 15.8. The fourth-order valence-electron chi connectivity index (χ4n) is 3.38. The smallest absolute Gasteiger partial charge is 0.240 e. The average Bonchev–Trinajstić information content (AvgIpc) is 3.18. The number of pyridine rings is 1. The Labute approximate surface area is 147 Å². The number of hydrogen-bond acceptors (Lipinski definition) is 3.